The van der Waals surface area contributed by atoms with E-state index < -0.39 is 0 Å². The molecule has 6 heteroatoms. The summed E-state index contributed by atoms with van der Waals surface area (Å²) in [5.74, 6) is 0.0150. The zero-order chi connectivity index (χ0) is 15.7. The lowest BCUT2D eigenvalue weighted by molar-refractivity contribution is 0.103. The third-order valence-electron chi connectivity index (χ3n) is 3.24. The summed E-state index contributed by atoms with van der Waals surface area (Å²) in [4.78, 5) is 25.4. The Morgan fingerprint density at radius 3 is 2.82 bits per heavy atom. The van der Waals surface area contributed by atoms with Crippen molar-refractivity contribution in [1.82, 2.24) is 4.57 Å². The molecule has 0 saturated carbocycles. The highest BCUT2D eigenvalue weighted by Gasteiger charge is 2.08. The maximum atomic E-state index is 12.3. The number of aromatic nitrogens is 1. The molecule has 0 radical (unpaired) electrons. The Hall–Kier alpha value is -2.18. The molecule has 0 spiro atoms. The molecular weight excluding hydrogens is 318 g/mol. The van der Waals surface area contributed by atoms with Crippen LogP contribution in [0.3, 0.4) is 0 Å². The van der Waals surface area contributed by atoms with Gasteiger partial charge in [0.2, 0.25) is 5.78 Å². The lowest BCUT2D eigenvalue weighted by Gasteiger charge is -1.89. The number of Topliss-reactive ketones (excluding diaryl/α,β-unsaturated/α-hetero) is 1. The molecule has 112 valence electrons. The van der Waals surface area contributed by atoms with Gasteiger partial charge < -0.3 is 8.98 Å². The van der Waals surface area contributed by atoms with Crippen molar-refractivity contribution in [2.45, 2.75) is 6.92 Å². The van der Waals surface area contributed by atoms with Crippen molar-refractivity contribution in [1.29, 1.82) is 0 Å². The number of thiazole rings is 1. The summed E-state index contributed by atoms with van der Waals surface area (Å²) in [5.41, 5.74) is 1.04. The number of nitrogens with zero attached hydrogens (tertiary/aromatic N) is 1. The van der Waals surface area contributed by atoms with E-state index in [2.05, 4.69) is 0 Å². The summed E-state index contributed by atoms with van der Waals surface area (Å²) in [5, 5.41) is 1.99. The highest BCUT2D eigenvalue weighted by atomic mass is 32.1. The standard InChI is InChI=1S/C16H13NO3S2/c1-10-5-7-21-13(10)9-14-16(19)17(2)15(22-14)8-11(18)12-4-3-6-20-12/h3-9H,1-2H3. The Kier molecular flexibility index (Phi) is 3.96. The lowest BCUT2D eigenvalue weighted by Crippen LogP contribution is -2.29. The van der Waals surface area contributed by atoms with Crippen LogP contribution in [0.1, 0.15) is 21.0 Å². The smallest absolute Gasteiger partial charge is 0.268 e. The highest BCUT2D eigenvalue weighted by molar-refractivity contribution is 7.11. The van der Waals surface area contributed by atoms with Crippen LogP contribution in [-0.2, 0) is 7.05 Å². The second-order valence-electron chi connectivity index (χ2n) is 4.77. The molecule has 4 nitrogen and oxygen atoms in total. The maximum absolute atomic E-state index is 12.3. The topological polar surface area (TPSA) is 52.2 Å². The predicted molar refractivity (Wildman–Crippen MR) is 88.9 cm³/mol. The van der Waals surface area contributed by atoms with E-state index in [1.54, 1.807) is 30.5 Å². The quantitative estimate of drug-likeness (QED) is 0.689. The van der Waals surface area contributed by atoms with E-state index in [9.17, 15) is 9.59 Å². The van der Waals surface area contributed by atoms with Gasteiger partial charge in [-0.2, -0.15) is 0 Å². The second kappa shape index (κ2) is 5.90. The molecule has 3 aromatic rings. The number of aryl methyl sites for hydroxylation is 1. The Bertz CT molecular complexity index is 987. The highest BCUT2D eigenvalue weighted by Crippen LogP contribution is 2.15. The average Bonchev–Trinajstić information content (AvgIpc) is 3.20. The van der Waals surface area contributed by atoms with Gasteiger partial charge in [-0.3, -0.25) is 9.59 Å². The van der Waals surface area contributed by atoms with Crippen molar-refractivity contribution >= 4 is 40.6 Å². The van der Waals surface area contributed by atoms with Gasteiger partial charge >= 0.3 is 0 Å². The van der Waals surface area contributed by atoms with Gasteiger partial charge in [0.05, 0.1) is 10.8 Å². The number of hydrogen-bond donors (Lipinski definition) is 0. The van der Waals surface area contributed by atoms with Crippen LogP contribution in [-0.4, -0.2) is 10.4 Å². The molecular formula is C16H13NO3S2. The summed E-state index contributed by atoms with van der Waals surface area (Å²) < 4.78 is 7.78. The summed E-state index contributed by atoms with van der Waals surface area (Å²) in [6, 6.07) is 5.28. The van der Waals surface area contributed by atoms with E-state index in [-0.39, 0.29) is 17.1 Å². The third-order valence-corrected chi connectivity index (χ3v) is 5.32. The van der Waals surface area contributed by atoms with Crippen molar-refractivity contribution < 1.29 is 9.21 Å². The molecule has 0 unspecified atom stereocenters. The third kappa shape index (κ3) is 2.75. The number of hydrogen-bond acceptors (Lipinski definition) is 5. The van der Waals surface area contributed by atoms with Gasteiger partial charge in [0.1, 0.15) is 4.66 Å². The monoisotopic (exact) mass is 331 g/mol. The average molecular weight is 331 g/mol. The van der Waals surface area contributed by atoms with E-state index in [1.165, 1.54) is 28.2 Å². The zero-order valence-electron chi connectivity index (χ0n) is 12.0. The minimum atomic E-state index is -0.249. The van der Waals surface area contributed by atoms with Crippen molar-refractivity contribution in [3.05, 3.63) is 65.6 Å². The van der Waals surface area contributed by atoms with Crippen LogP contribution >= 0.6 is 22.7 Å². The lowest BCUT2D eigenvalue weighted by atomic mass is 10.3. The number of carbonyl (C=O) groups is 1. The number of rotatable bonds is 3. The SMILES string of the molecule is Cc1ccsc1C=c1sc(=CC(=O)c2ccco2)n(C)c1=O. The van der Waals surface area contributed by atoms with Crippen LogP contribution in [0.25, 0.3) is 12.2 Å². The first-order chi connectivity index (χ1) is 10.6. The van der Waals surface area contributed by atoms with E-state index in [4.69, 9.17) is 4.42 Å². The largest absolute Gasteiger partial charge is 0.461 e. The molecule has 0 aromatic carbocycles. The van der Waals surface area contributed by atoms with E-state index in [0.717, 1.165) is 10.4 Å². The second-order valence-corrected chi connectivity index (χ2v) is 6.78. The Morgan fingerprint density at radius 2 is 2.18 bits per heavy atom. The van der Waals surface area contributed by atoms with Crippen molar-refractivity contribution in [2.24, 2.45) is 7.05 Å². The molecule has 0 aliphatic carbocycles. The number of ketones is 1. The minimum Gasteiger partial charge on any atom is -0.461 e. The minimum absolute atomic E-state index is 0.101. The molecule has 3 rings (SSSR count). The number of furan rings is 1. The fraction of sp³-hybridized carbons (Fsp3) is 0.125. The molecule has 0 fully saturated rings. The molecule has 3 heterocycles. The maximum Gasteiger partial charge on any atom is 0.268 e. The first-order valence-corrected chi connectivity index (χ1v) is 8.27. The fourth-order valence-electron chi connectivity index (χ4n) is 1.96. The fourth-order valence-corrected chi connectivity index (χ4v) is 3.91. The Balaban J connectivity index is 2.11. The number of thiophene rings is 1. The summed E-state index contributed by atoms with van der Waals surface area (Å²) in [6.07, 6.45) is 4.76. The molecule has 0 amide bonds. The molecule has 3 aromatic heterocycles. The molecule has 0 N–H and O–H groups in total. The molecule has 0 saturated heterocycles. The first-order valence-electron chi connectivity index (χ1n) is 6.57. The van der Waals surface area contributed by atoms with Gasteiger partial charge in [0, 0.05) is 18.0 Å². The van der Waals surface area contributed by atoms with Crippen molar-refractivity contribution in [3.63, 3.8) is 0 Å². The zero-order valence-corrected chi connectivity index (χ0v) is 13.7. The molecule has 0 aliphatic rings. The van der Waals surface area contributed by atoms with Crippen LogP contribution in [0.15, 0.2) is 39.1 Å². The van der Waals surface area contributed by atoms with Crippen LogP contribution in [0, 0.1) is 6.92 Å². The van der Waals surface area contributed by atoms with Crippen molar-refractivity contribution in [2.75, 3.05) is 0 Å². The molecule has 22 heavy (non-hydrogen) atoms. The molecule has 0 bridgehead atoms. The van der Waals surface area contributed by atoms with E-state index in [1.807, 2.05) is 24.4 Å². The normalized spacial score (nSPS) is 13.0. The van der Waals surface area contributed by atoms with Gasteiger partial charge in [-0.05, 0) is 42.1 Å². The first kappa shape index (κ1) is 14.7. The van der Waals surface area contributed by atoms with Crippen molar-refractivity contribution in [3.8, 4) is 0 Å². The van der Waals surface area contributed by atoms with Crippen LogP contribution < -0.4 is 14.8 Å². The molecule has 0 atom stereocenters. The van der Waals surface area contributed by atoms with Gasteiger partial charge in [-0.15, -0.1) is 22.7 Å². The predicted octanol–water partition coefficient (Wildman–Crippen LogP) is 1.90. The van der Waals surface area contributed by atoms with Gasteiger partial charge in [-0.1, -0.05) is 0 Å². The molecule has 0 aliphatic heterocycles. The number of carbonyl (C=O) groups excluding carboxylic acids is 1. The Labute approximate surface area is 134 Å². The van der Waals surface area contributed by atoms with Crippen LogP contribution in [0.4, 0.5) is 0 Å². The van der Waals surface area contributed by atoms with Gasteiger partial charge in [0.25, 0.3) is 5.56 Å². The van der Waals surface area contributed by atoms with Crippen LogP contribution in [0.5, 0.6) is 0 Å². The van der Waals surface area contributed by atoms with E-state index >= 15 is 0 Å². The van der Waals surface area contributed by atoms with Crippen LogP contribution in [0.2, 0.25) is 0 Å². The van der Waals surface area contributed by atoms with Gasteiger partial charge in [0.15, 0.2) is 5.76 Å². The van der Waals surface area contributed by atoms with E-state index in [0.29, 0.717) is 9.20 Å². The van der Waals surface area contributed by atoms with Gasteiger partial charge in [-0.25, -0.2) is 0 Å². The summed E-state index contributed by atoms with van der Waals surface area (Å²) >= 11 is 2.89. The Morgan fingerprint density at radius 1 is 1.36 bits per heavy atom. The summed E-state index contributed by atoms with van der Waals surface area (Å²) in [6.45, 7) is 2.01. The summed E-state index contributed by atoms with van der Waals surface area (Å²) in [7, 11) is 1.67.